The van der Waals surface area contributed by atoms with E-state index in [4.69, 9.17) is 0 Å². The van der Waals surface area contributed by atoms with Gasteiger partial charge in [-0.05, 0) is 38.0 Å². The first-order valence-corrected chi connectivity index (χ1v) is 5.82. The smallest absolute Gasteiger partial charge is 0.240 e. The minimum Gasteiger partial charge on any atom is -0.325 e. The van der Waals surface area contributed by atoms with Crippen LogP contribution in [0.2, 0.25) is 0 Å². The molecule has 1 aromatic carbocycles. The fourth-order valence-corrected chi connectivity index (χ4v) is 1.20. The second-order valence-electron chi connectivity index (χ2n) is 3.98. The zero-order valence-corrected chi connectivity index (χ0v) is 10.9. The van der Waals surface area contributed by atoms with Crippen LogP contribution in [0, 0.1) is 0 Å². The zero-order valence-electron chi connectivity index (χ0n) is 9.30. The van der Waals surface area contributed by atoms with Gasteiger partial charge in [0, 0.05) is 5.69 Å². The molecular formula is C12H16BrNO. The van der Waals surface area contributed by atoms with Crippen molar-refractivity contribution < 1.29 is 4.79 Å². The first kappa shape index (κ1) is 12.2. The lowest BCUT2D eigenvalue weighted by Crippen LogP contribution is -2.30. The highest BCUT2D eigenvalue weighted by Gasteiger charge is 2.23. The fourth-order valence-electron chi connectivity index (χ4n) is 1.10. The number of benzene rings is 1. The van der Waals surface area contributed by atoms with Crippen LogP contribution < -0.4 is 5.32 Å². The topological polar surface area (TPSA) is 29.1 Å². The van der Waals surface area contributed by atoms with E-state index in [-0.39, 0.29) is 5.91 Å². The van der Waals surface area contributed by atoms with Gasteiger partial charge in [-0.25, -0.2) is 0 Å². The number of hydrogen-bond acceptors (Lipinski definition) is 1. The summed E-state index contributed by atoms with van der Waals surface area (Å²) >= 11 is 3.32. The Bertz CT molecular complexity index is 338. The average Bonchev–Trinajstić information content (AvgIpc) is 2.17. The van der Waals surface area contributed by atoms with Crippen LogP contribution in [0.15, 0.2) is 24.3 Å². The molecular weight excluding hydrogens is 254 g/mol. The molecule has 82 valence electrons. The number of hydrogen-bond donors (Lipinski definition) is 1. The van der Waals surface area contributed by atoms with E-state index in [0.29, 0.717) is 0 Å². The zero-order chi connectivity index (χ0) is 11.5. The second kappa shape index (κ2) is 4.79. The van der Waals surface area contributed by atoms with Gasteiger partial charge in [-0.15, -0.1) is 0 Å². The van der Waals surface area contributed by atoms with Crippen molar-refractivity contribution in [3.63, 3.8) is 0 Å². The average molecular weight is 270 g/mol. The van der Waals surface area contributed by atoms with Gasteiger partial charge in [-0.1, -0.05) is 35.0 Å². The Balaban J connectivity index is 2.70. The van der Waals surface area contributed by atoms with Crippen LogP contribution in [-0.2, 0) is 11.2 Å². The summed E-state index contributed by atoms with van der Waals surface area (Å²) in [6, 6.07) is 7.90. The van der Waals surface area contributed by atoms with E-state index in [1.807, 2.05) is 38.1 Å². The van der Waals surface area contributed by atoms with Gasteiger partial charge < -0.3 is 5.32 Å². The van der Waals surface area contributed by atoms with Crippen molar-refractivity contribution in [1.29, 1.82) is 0 Å². The molecule has 0 saturated heterocycles. The van der Waals surface area contributed by atoms with Gasteiger partial charge in [0.2, 0.25) is 5.91 Å². The Hall–Kier alpha value is -0.830. The molecule has 0 bridgehead atoms. The molecule has 1 rings (SSSR count). The summed E-state index contributed by atoms with van der Waals surface area (Å²) < 4.78 is -0.531. The van der Waals surface area contributed by atoms with Crippen LogP contribution in [0.25, 0.3) is 0 Å². The van der Waals surface area contributed by atoms with Gasteiger partial charge in [-0.3, -0.25) is 4.79 Å². The van der Waals surface area contributed by atoms with Crippen molar-refractivity contribution in [2.24, 2.45) is 0 Å². The Morgan fingerprint density at radius 1 is 1.33 bits per heavy atom. The number of anilines is 1. The number of carbonyl (C=O) groups excluding carboxylic acids is 1. The number of amides is 1. The summed E-state index contributed by atoms with van der Waals surface area (Å²) in [7, 11) is 0. The number of halogens is 1. The highest BCUT2D eigenvalue weighted by atomic mass is 79.9. The van der Waals surface area contributed by atoms with Crippen molar-refractivity contribution in [3.05, 3.63) is 29.8 Å². The van der Waals surface area contributed by atoms with E-state index in [1.54, 1.807) is 0 Å². The molecule has 2 nitrogen and oxygen atoms in total. The molecule has 0 radical (unpaired) electrons. The lowest BCUT2D eigenvalue weighted by atomic mass is 10.1. The molecule has 0 aromatic heterocycles. The summed E-state index contributed by atoms with van der Waals surface area (Å²) in [6.45, 7) is 5.75. The molecule has 1 aromatic rings. The second-order valence-corrected chi connectivity index (χ2v) is 5.96. The maximum absolute atomic E-state index is 11.6. The van der Waals surface area contributed by atoms with Gasteiger partial charge >= 0.3 is 0 Å². The summed E-state index contributed by atoms with van der Waals surface area (Å²) in [5.41, 5.74) is 2.11. The van der Waals surface area contributed by atoms with Crippen molar-refractivity contribution >= 4 is 27.5 Å². The van der Waals surface area contributed by atoms with E-state index in [0.717, 1.165) is 12.1 Å². The molecule has 0 saturated carbocycles. The third kappa shape index (κ3) is 3.67. The van der Waals surface area contributed by atoms with E-state index in [9.17, 15) is 4.79 Å². The van der Waals surface area contributed by atoms with Crippen LogP contribution in [0.1, 0.15) is 26.3 Å². The Morgan fingerprint density at radius 2 is 1.87 bits per heavy atom. The number of carbonyl (C=O) groups is 1. The van der Waals surface area contributed by atoms with Crippen molar-refractivity contribution in [3.8, 4) is 0 Å². The summed E-state index contributed by atoms with van der Waals surface area (Å²) in [5.74, 6) is -0.0354. The third-order valence-electron chi connectivity index (χ3n) is 2.16. The first-order valence-electron chi connectivity index (χ1n) is 5.03. The molecule has 0 unspecified atom stereocenters. The normalized spacial score (nSPS) is 11.2. The van der Waals surface area contributed by atoms with Gasteiger partial charge in [0.1, 0.15) is 0 Å². The van der Waals surface area contributed by atoms with E-state index < -0.39 is 4.32 Å². The van der Waals surface area contributed by atoms with E-state index >= 15 is 0 Å². The Morgan fingerprint density at radius 3 is 2.27 bits per heavy atom. The number of nitrogens with one attached hydrogen (secondary N) is 1. The molecule has 15 heavy (non-hydrogen) atoms. The predicted octanol–water partition coefficient (Wildman–Crippen LogP) is 3.36. The third-order valence-corrected chi connectivity index (χ3v) is 2.52. The summed E-state index contributed by atoms with van der Waals surface area (Å²) in [6.07, 6.45) is 1.01. The Labute approximate surface area is 99.2 Å². The van der Waals surface area contributed by atoms with Gasteiger partial charge in [0.05, 0.1) is 4.32 Å². The van der Waals surface area contributed by atoms with Crippen LogP contribution in [-0.4, -0.2) is 10.2 Å². The summed E-state index contributed by atoms with van der Waals surface area (Å²) in [4.78, 5) is 11.6. The van der Waals surface area contributed by atoms with E-state index in [1.165, 1.54) is 5.56 Å². The van der Waals surface area contributed by atoms with Crippen LogP contribution in [0.4, 0.5) is 5.69 Å². The van der Waals surface area contributed by atoms with Crippen molar-refractivity contribution in [2.75, 3.05) is 5.32 Å². The minimum atomic E-state index is -0.531. The van der Waals surface area contributed by atoms with Crippen molar-refractivity contribution in [1.82, 2.24) is 0 Å². The summed E-state index contributed by atoms with van der Waals surface area (Å²) in [5, 5.41) is 2.85. The van der Waals surface area contributed by atoms with Crippen LogP contribution in [0.5, 0.6) is 0 Å². The largest absolute Gasteiger partial charge is 0.325 e. The minimum absolute atomic E-state index is 0.0354. The van der Waals surface area contributed by atoms with Gasteiger partial charge in [-0.2, -0.15) is 0 Å². The van der Waals surface area contributed by atoms with Gasteiger partial charge in [0.15, 0.2) is 0 Å². The van der Waals surface area contributed by atoms with Crippen LogP contribution in [0.3, 0.4) is 0 Å². The van der Waals surface area contributed by atoms with Gasteiger partial charge in [0.25, 0.3) is 0 Å². The quantitative estimate of drug-likeness (QED) is 0.838. The highest BCUT2D eigenvalue weighted by Crippen LogP contribution is 2.19. The monoisotopic (exact) mass is 269 g/mol. The molecule has 1 amide bonds. The molecule has 0 fully saturated rings. The molecule has 0 spiro atoms. The standard InChI is InChI=1S/C12H16BrNO/c1-4-9-5-7-10(8-6-9)14-11(15)12(2,3)13/h5-8H,4H2,1-3H3,(H,14,15). The first-order chi connectivity index (χ1) is 6.93. The maximum Gasteiger partial charge on any atom is 0.240 e. The lowest BCUT2D eigenvalue weighted by molar-refractivity contribution is -0.117. The molecule has 0 aliphatic carbocycles. The van der Waals surface area contributed by atoms with E-state index in [2.05, 4.69) is 28.2 Å². The molecule has 3 heteroatoms. The molecule has 0 heterocycles. The molecule has 0 aliphatic heterocycles. The lowest BCUT2D eigenvalue weighted by Gasteiger charge is -2.15. The molecule has 1 N–H and O–H groups in total. The van der Waals surface area contributed by atoms with Crippen LogP contribution >= 0.6 is 15.9 Å². The predicted molar refractivity (Wildman–Crippen MR) is 67.5 cm³/mol. The fraction of sp³-hybridized carbons (Fsp3) is 0.417. The van der Waals surface area contributed by atoms with Crippen molar-refractivity contribution in [2.45, 2.75) is 31.5 Å². The molecule has 0 atom stereocenters. The number of alkyl halides is 1. The Kier molecular flexibility index (Phi) is 3.91. The highest BCUT2D eigenvalue weighted by molar-refractivity contribution is 9.10. The molecule has 0 aliphatic rings. The number of aryl methyl sites for hydroxylation is 1. The maximum atomic E-state index is 11.6. The SMILES string of the molecule is CCc1ccc(NC(=O)C(C)(C)Br)cc1. The number of rotatable bonds is 3.